The Labute approximate surface area is 73.6 Å². The highest BCUT2D eigenvalue weighted by Gasteiger charge is 1.94. The predicted octanol–water partition coefficient (Wildman–Crippen LogP) is 1.16. The first-order valence-corrected chi connectivity index (χ1v) is 4.19. The molecular weight excluding hydrogens is 208 g/mol. The van der Waals surface area contributed by atoms with Gasteiger partial charge >= 0.3 is 0 Å². The van der Waals surface area contributed by atoms with Gasteiger partial charge in [0.1, 0.15) is 5.82 Å². The SMILES string of the molecule is OCCCc1ncc(Br)cn1. The highest BCUT2D eigenvalue weighted by atomic mass is 79.9. The van der Waals surface area contributed by atoms with Crippen molar-refractivity contribution in [3.05, 3.63) is 22.7 Å². The van der Waals surface area contributed by atoms with E-state index in [1.807, 2.05) is 0 Å². The second-order valence-corrected chi connectivity index (χ2v) is 3.06. The van der Waals surface area contributed by atoms with Crippen LogP contribution in [0.25, 0.3) is 0 Å². The molecule has 0 radical (unpaired) electrons. The quantitative estimate of drug-likeness (QED) is 0.826. The first-order valence-electron chi connectivity index (χ1n) is 3.40. The third-order valence-electron chi connectivity index (χ3n) is 1.23. The summed E-state index contributed by atoms with van der Waals surface area (Å²) in [5, 5.41) is 8.52. The summed E-state index contributed by atoms with van der Waals surface area (Å²) in [6.45, 7) is 0.194. The van der Waals surface area contributed by atoms with E-state index in [2.05, 4.69) is 25.9 Å². The van der Waals surface area contributed by atoms with Gasteiger partial charge in [0.15, 0.2) is 0 Å². The minimum absolute atomic E-state index is 0.194. The van der Waals surface area contributed by atoms with Crippen molar-refractivity contribution < 1.29 is 5.11 Å². The fourth-order valence-electron chi connectivity index (χ4n) is 0.705. The molecule has 4 heteroatoms. The van der Waals surface area contributed by atoms with E-state index in [1.165, 1.54) is 0 Å². The second-order valence-electron chi connectivity index (χ2n) is 2.14. The summed E-state index contributed by atoms with van der Waals surface area (Å²) in [4.78, 5) is 8.09. The van der Waals surface area contributed by atoms with Crippen LogP contribution in [0.4, 0.5) is 0 Å². The van der Waals surface area contributed by atoms with Gasteiger partial charge in [-0.15, -0.1) is 0 Å². The number of rotatable bonds is 3. The maximum Gasteiger partial charge on any atom is 0.128 e. The molecule has 0 aromatic carbocycles. The van der Waals surface area contributed by atoms with Gasteiger partial charge < -0.3 is 5.11 Å². The summed E-state index contributed by atoms with van der Waals surface area (Å²) in [5.41, 5.74) is 0. The van der Waals surface area contributed by atoms with Crippen molar-refractivity contribution in [1.82, 2.24) is 9.97 Å². The molecule has 0 atom stereocenters. The van der Waals surface area contributed by atoms with Gasteiger partial charge in [-0.05, 0) is 22.4 Å². The molecule has 0 unspecified atom stereocenters. The molecule has 0 aliphatic rings. The third kappa shape index (κ3) is 2.95. The predicted molar refractivity (Wildman–Crippen MR) is 45.1 cm³/mol. The normalized spacial score (nSPS) is 10.0. The third-order valence-corrected chi connectivity index (χ3v) is 1.64. The van der Waals surface area contributed by atoms with Crippen LogP contribution in [0.5, 0.6) is 0 Å². The Morgan fingerprint density at radius 3 is 2.55 bits per heavy atom. The summed E-state index contributed by atoms with van der Waals surface area (Å²) in [6, 6.07) is 0. The molecule has 0 amide bonds. The topological polar surface area (TPSA) is 46.0 Å². The largest absolute Gasteiger partial charge is 0.396 e. The number of halogens is 1. The molecule has 0 bridgehead atoms. The Bertz CT molecular complexity index is 212. The van der Waals surface area contributed by atoms with Crippen LogP contribution in [0.15, 0.2) is 16.9 Å². The van der Waals surface area contributed by atoms with Crippen molar-refractivity contribution in [2.75, 3.05) is 6.61 Å². The van der Waals surface area contributed by atoms with E-state index in [0.29, 0.717) is 0 Å². The van der Waals surface area contributed by atoms with Crippen molar-refractivity contribution in [1.29, 1.82) is 0 Å². The zero-order valence-corrected chi connectivity index (χ0v) is 7.58. The second kappa shape index (κ2) is 4.41. The number of aryl methyl sites for hydroxylation is 1. The average Bonchev–Trinajstić information content (AvgIpc) is 2.04. The standard InChI is InChI=1S/C7H9BrN2O/c8-6-4-9-7(10-5-6)2-1-3-11/h4-5,11H,1-3H2. The van der Waals surface area contributed by atoms with Gasteiger partial charge in [-0.2, -0.15) is 0 Å². The number of aromatic nitrogens is 2. The summed E-state index contributed by atoms with van der Waals surface area (Å²) >= 11 is 3.24. The molecule has 0 saturated carbocycles. The zero-order valence-electron chi connectivity index (χ0n) is 6.00. The van der Waals surface area contributed by atoms with Gasteiger partial charge in [0, 0.05) is 25.4 Å². The number of nitrogens with zero attached hydrogens (tertiary/aromatic N) is 2. The zero-order chi connectivity index (χ0) is 8.10. The number of aliphatic hydroxyl groups excluding tert-OH is 1. The molecule has 0 aliphatic carbocycles. The van der Waals surface area contributed by atoms with Crippen molar-refractivity contribution in [3.63, 3.8) is 0 Å². The Morgan fingerprint density at radius 2 is 2.00 bits per heavy atom. The number of aliphatic hydroxyl groups is 1. The molecule has 0 fully saturated rings. The van der Waals surface area contributed by atoms with Crippen LogP contribution >= 0.6 is 15.9 Å². The maximum absolute atomic E-state index is 8.52. The summed E-state index contributed by atoms with van der Waals surface area (Å²) in [6.07, 6.45) is 4.88. The highest BCUT2D eigenvalue weighted by molar-refractivity contribution is 9.10. The smallest absolute Gasteiger partial charge is 0.128 e. The molecule has 1 aromatic heterocycles. The average molecular weight is 217 g/mol. The molecule has 0 aliphatic heterocycles. The van der Waals surface area contributed by atoms with Gasteiger partial charge in [0.25, 0.3) is 0 Å². The molecule has 0 saturated heterocycles. The van der Waals surface area contributed by atoms with E-state index in [0.717, 1.165) is 23.1 Å². The Kier molecular flexibility index (Phi) is 3.45. The first-order chi connectivity index (χ1) is 5.33. The lowest BCUT2D eigenvalue weighted by atomic mass is 10.3. The van der Waals surface area contributed by atoms with Crippen molar-refractivity contribution in [2.45, 2.75) is 12.8 Å². The molecular formula is C7H9BrN2O. The van der Waals surface area contributed by atoms with Gasteiger partial charge in [0.2, 0.25) is 0 Å². The molecule has 1 N–H and O–H groups in total. The van der Waals surface area contributed by atoms with Crippen molar-refractivity contribution in [2.24, 2.45) is 0 Å². The summed E-state index contributed by atoms with van der Waals surface area (Å²) < 4.78 is 0.880. The monoisotopic (exact) mass is 216 g/mol. The minimum Gasteiger partial charge on any atom is -0.396 e. The van der Waals surface area contributed by atoms with E-state index in [1.54, 1.807) is 12.4 Å². The Hall–Kier alpha value is -0.480. The molecule has 0 spiro atoms. The molecule has 11 heavy (non-hydrogen) atoms. The summed E-state index contributed by atoms with van der Waals surface area (Å²) in [5.74, 6) is 0.780. The van der Waals surface area contributed by atoms with E-state index in [4.69, 9.17) is 5.11 Å². The number of hydrogen-bond donors (Lipinski definition) is 1. The molecule has 1 aromatic rings. The van der Waals surface area contributed by atoms with Crippen LogP contribution in [0.2, 0.25) is 0 Å². The minimum atomic E-state index is 0.194. The van der Waals surface area contributed by atoms with Crippen LogP contribution in [-0.2, 0) is 6.42 Å². The lowest BCUT2D eigenvalue weighted by Gasteiger charge is -1.95. The Balaban J connectivity index is 2.52. The number of hydrogen-bond acceptors (Lipinski definition) is 3. The van der Waals surface area contributed by atoms with Crippen molar-refractivity contribution >= 4 is 15.9 Å². The van der Waals surface area contributed by atoms with Gasteiger partial charge in [-0.25, -0.2) is 9.97 Å². The van der Waals surface area contributed by atoms with Gasteiger partial charge in [-0.1, -0.05) is 0 Å². The van der Waals surface area contributed by atoms with E-state index >= 15 is 0 Å². The fourth-order valence-corrected chi connectivity index (χ4v) is 0.910. The highest BCUT2D eigenvalue weighted by Crippen LogP contribution is 2.04. The van der Waals surface area contributed by atoms with Crippen LogP contribution in [0.3, 0.4) is 0 Å². The first kappa shape index (κ1) is 8.62. The van der Waals surface area contributed by atoms with Gasteiger partial charge in [-0.3, -0.25) is 0 Å². The van der Waals surface area contributed by atoms with Crippen LogP contribution in [0, 0.1) is 0 Å². The molecule has 60 valence electrons. The lowest BCUT2D eigenvalue weighted by Crippen LogP contribution is -1.95. The van der Waals surface area contributed by atoms with E-state index in [9.17, 15) is 0 Å². The summed E-state index contributed by atoms with van der Waals surface area (Å²) in [7, 11) is 0. The van der Waals surface area contributed by atoms with Crippen molar-refractivity contribution in [3.8, 4) is 0 Å². The van der Waals surface area contributed by atoms with Crippen LogP contribution in [-0.4, -0.2) is 21.7 Å². The van der Waals surface area contributed by atoms with Crippen LogP contribution < -0.4 is 0 Å². The van der Waals surface area contributed by atoms with Gasteiger partial charge in [0.05, 0.1) is 4.47 Å². The lowest BCUT2D eigenvalue weighted by molar-refractivity contribution is 0.287. The molecule has 3 nitrogen and oxygen atoms in total. The Morgan fingerprint density at radius 1 is 1.36 bits per heavy atom. The van der Waals surface area contributed by atoms with E-state index in [-0.39, 0.29) is 6.61 Å². The molecule has 1 rings (SSSR count). The van der Waals surface area contributed by atoms with Crippen LogP contribution in [0.1, 0.15) is 12.2 Å². The maximum atomic E-state index is 8.52. The van der Waals surface area contributed by atoms with E-state index < -0.39 is 0 Å². The molecule has 1 heterocycles. The fraction of sp³-hybridized carbons (Fsp3) is 0.429.